The molecule has 7 nitrogen and oxygen atoms in total. The number of ether oxygens (including phenoxy) is 1. The Balaban J connectivity index is 1.74. The topological polar surface area (TPSA) is 79.0 Å². The molecule has 0 bridgehead atoms. The van der Waals surface area contributed by atoms with Crippen molar-refractivity contribution >= 4 is 29.1 Å². The highest BCUT2D eigenvalue weighted by molar-refractivity contribution is 6.39. The van der Waals surface area contributed by atoms with Crippen LogP contribution in [0.5, 0.6) is 5.75 Å². The number of benzene rings is 1. The number of likely N-dealkylation sites (tertiary alicyclic amines) is 1. The van der Waals surface area contributed by atoms with Crippen molar-refractivity contribution in [1.82, 2.24) is 4.90 Å². The van der Waals surface area contributed by atoms with Crippen LogP contribution in [-0.4, -0.2) is 49.4 Å². The molecule has 1 saturated heterocycles. The summed E-state index contributed by atoms with van der Waals surface area (Å²) in [5.41, 5.74) is 1.03. The summed E-state index contributed by atoms with van der Waals surface area (Å²) in [6, 6.07) is 4.95. The highest BCUT2D eigenvalue weighted by Crippen LogP contribution is 2.33. The van der Waals surface area contributed by atoms with Crippen LogP contribution in [0.15, 0.2) is 18.2 Å². The maximum absolute atomic E-state index is 12.0. The van der Waals surface area contributed by atoms with E-state index in [0.29, 0.717) is 30.2 Å². The molecule has 2 heterocycles. The van der Waals surface area contributed by atoms with Gasteiger partial charge < -0.3 is 19.9 Å². The lowest BCUT2D eigenvalue weighted by Gasteiger charge is -2.26. The zero-order valence-electron chi connectivity index (χ0n) is 12.3. The van der Waals surface area contributed by atoms with Gasteiger partial charge in [0.2, 0.25) is 0 Å². The van der Waals surface area contributed by atoms with Crippen LogP contribution < -0.4 is 15.0 Å². The van der Waals surface area contributed by atoms with Crippen molar-refractivity contribution in [3.63, 3.8) is 0 Å². The fourth-order valence-electron chi connectivity index (χ4n) is 2.60. The Morgan fingerprint density at radius 1 is 1.23 bits per heavy atom. The predicted molar refractivity (Wildman–Crippen MR) is 79.8 cm³/mol. The lowest BCUT2D eigenvalue weighted by Crippen LogP contribution is -2.38. The summed E-state index contributed by atoms with van der Waals surface area (Å²) in [6.45, 7) is 1.26. The third-order valence-corrected chi connectivity index (χ3v) is 3.89. The van der Waals surface area contributed by atoms with Crippen LogP contribution in [0.4, 0.5) is 11.4 Å². The number of hydrogen-bond acceptors (Lipinski definition) is 4. The number of rotatable bonds is 1. The molecule has 22 heavy (non-hydrogen) atoms. The molecule has 0 aliphatic carbocycles. The van der Waals surface area contributed by atoms with E-state index in [1.54, 1.807) is 30.1 Å². The minimum absolute atomic E-state index is 0.00263. The van der Waals surface area contributed by atoms with Crippen molar-refractivity contribution in [1.29, 1.82) is 0 Å². The number of hydrogen-bond donors (Lipinski definition) is 1. The second-order valence-electron chi connectivity index (χ2n) is 5.38. The summed E-state index contributed by atoms with van der Waals surface area (Å²) in [5.74, 6) is -0.765. The Kier molecular flexibility index (Phi) is 3.70. The molecule has 7 heteroatoms. The smallest absolute Gasteiger partial charge is 0.313 e. The van der Waals surface area contributed by atoms with Gasteiger partial charge in [-0.05, 0) is 31.0 Å². The molecule has 3 amide bonds. The van der Waals surface area contributed by atoms with Gasteiger partial charge in [0.25, 0.3) is 5.91 Å². The van der Waals surface area contributed by atoms with E-state index in [1.165, 1.54) is 4.90 Å². The van der Waals surface area contributed by atoms with Crippen LogP contribution in [0, 0.1) is 0 Å². The Morgan fingerprint density at radius 3 is 2.68 bits per heavy atom. The molecule has 0 atom stereocenters. The van der Waals surface area contributed by atoms with E-state index in [9.17, 15) is 14.4 Å². The van der Waals surface area contributed by atoms with Crippen LogP contribution in [0.2, 0.25) is 0 Å². The highest BCUT2D eigenvalue weighted by atomic mass is 16.5. The molecule has 0 saturated carbocycles. The summed E-state index contributed by atoms with van der Waals surface area (Å²) in [4.78, 5) is 38.6. The Bertz CT molecular complexity index is 638. The summed E-state index contributed by atoms with van der Waals surface area (Å²) in [5, 5.41) is 2.58. The van der Waals surface area contributed by atoms with Gasteiger partial charge in [0.1, 0.15) is 5.75 Å². The maximum Gasteiger partial charge on any atom is 0.313 e. The standard InChI is InChI=1S/C15H17N3O4/c1-17-11-8-10(4-5-12(11)22-9-13(17)19)16-14(20)15(21)18-6-2-3-7-18/h4-5,8H,2-3,6-7,9H2,1H3,(H,16,20). The first-order valence-corrected chi connectivity index (χ1v) is 7.20. The fraction of sp³-hybridized carbons (Fsp3) is 0.400. The van der Waals surface area contributed by atoms with Gasteiger partial charge in [0, 0.05) is 25.8 Å². The van der Waals surface area contributed by atoms with Gasteiger partial charge >= 0.3 is 11.8 Å². The first-order valence-electron chi connectivity index (χ1n) is 7.20. The number of fused-ring (bicyclic) bond motifs is 1. The monoisotopic (exact) mass is 303 g/mol. The molecule has 0 unspecified atom stereocenters. The van der Waals surface area contributed by atoms with E-state index < -0.39 is 11.8 Å². The predicted octanol–water partition coefficient (Wildman–Crippen LogP) is 0.603. The van der Waals surface area contributed by atoms with Gasteiger partial charge in [0.15, 0.2) is 6.61 Å². The fourth-order valence-corrected chi connectivity index (χ4v) is 2.60. The minimum Gasteiger partial charge on any atom is -0.482 e. The molecule has 1 fully saturated rings. The summed E-state index contributed by atoms with van der Waals surface area (Å²) >= 11 is 0. The number of carbonyl (C=O) groups is 3. The third kappa shape index (κ3) is 2.61. The van der Waals surface area contributed by atoms with E-state index in [0.717, 1.165) is 12.8 Å². The molecule has 2 aliphatic rings. The summed E-state index contributed by atoms with van der Waals surface area (Å²) in [7, 11) is 1.64. The van der Waals surface area contributed by atoms with Gasteiger partial charge in [0.05, 0.1) is 5.69 Å². The van der Waals surface area contributed by atoms with Gasteiger partial charge in [-0.15, -0.1) is 0 Å². The molecule has 3 rings (SSSR count). The van der Waals surface area contributed by atoms with Crippen molar-refractivity contribution in [2.45, 2.75) is 12.8 Å². The van der Waals surface area contributed by atoms with Crippen molar-refractivity contribution in [3.05, 3.63) is 18.2 Å². The highest BCUT2D eigenvalue weighted by Gasteiger charge is 2.26. The van der Waals surface area contributed by atoms with E-state index in [1.807, 2.05) is 0 Å². The van der Waals surface area contributed by atoms with Crippen LogP contribution in [0.25, 0.3) is 0 Å². The Labute approximate surface area is 127 Å². The van der Waals surface area contributed by atoms with E-state index >= 15 is 0 Å². The lowest BCUT2D eigenvalue weighted by atomic mass is 10.2. The summed E-state index contributed by atoms with van der Waals surface area (Å²) < 4.78 is 5.32. The molecular weight excluding hydrogens is 286 g/mol. The van der Waals surface area contributed by atoms with Gasteiger partial charge in [-0.25, -0.2) is 0 Å². The van der Waals surface area contributed by atoms with Gasteiger partial charge in [-0.3, -0.25) is 14.4 Å². The number of amides is 3. The average molecular weight is 303 g/mol. The number of anilines is 2. The van der Waals surface area contributed by atoms with Crippen LogP contribution >= 0.6 is 0 Å². The minimum atomic E-state index is -0.660. The normalized spacial score (nSPS) is 17.0. The van der Waals surface area contributed by atoms with E-state index in [2.05, 4.69) is 5.32 Å². The van der Waals surface area contributed by atoms with Crippen molar-refractivity contribution in [2.24, 2.45) is 0 Å². The third-order valence-electron chi connectivity index (χ3n) is 3.89. The van der Waals surface area contributed by atoms with Crippen molar-refractivity contribution in [3.8, 4) is 5.75 Å². The molecule has 1 aromatic carbocycles. The van der Waals surface area contributed by atoms with Crippen molar-refractivity contribution < 1.29 is 19.1 Å². The second kappa shape index (κ2) is 5.67. The molecular formula is C15H17N3O4. The molecule has 0 radical (unpaired) electrons. The van der Waals surface area contributed by atoms with Crippen molar-refractivity contribution in [2.75, 3.05) is 37.0 Å². The first-order chi connectivity index (χ1) is 10.6. The number of nitrogens with one attached hydrogen (secondary N) is 1. The number of carbonyl (C=O) groups excluding carboxylic acids is 3. The maximum atomic E-state index is 12.0. The number of nitrogens with zero attached hydrogens (tertiary/aromatic N) is 2. The molecule has 0 aromatic heterocycles. The quantitative estimate of drug-likeness (QED) is 0.771. The Morgan fingerprint density at radius 2 is 1.95 bits per heavy atom. The lowest BCUT2D eigenvalue weighted by molar-refractivity contribution is -0.142. The zero-order chi connectivity index (χ0) is 15.7. The van der Waals surface area contributed by atoms with Crippen LogP contribution in [0.3, 0.4) is 0 Å². The largest absolute Gasteiger partial charge is 0.482 e. The van der Waals surface area contributed by atoms with E-state index in [-0.39, 0.29) is 12.5 Å². The molecule has 0 spiro atoms. The number of likely N-dealkylation sites (N-methyl/N-ethyl adjacent to an activating group) is 1. The average Bonchev–Trinajstić information content (AvgIpc) is 3.05. The molecule has 1 N–H and O–H groups in total. The SMILES string of the molecule is CN1C(=O)COc2ccc(NC(=O)C(=O)N3CCCC3)cc21. The Hall–Kier alpha value is -2.57. The van der Waals surface area contributed by atoms with Gasteiger partial charge in [-0.2, -0.15) is 0 Å². The molecule has 1 aromatic rings. The molecule has 116 valence electrons. The second-order valence-corrected chi connectivity index (χ2v) is 5.38. The van der Waals surface area contributed by atoms with E-state index in [4.69, 9.17) is 4.74 Å². The van der Waals surface area contributed by atoms with Crippen LogP contribution in [0.1, 0.15) is 12.8 Å². The summed E-state index contributed by atoms with van der Waals surface area (Å²) in [6.07, 6.45) is 1.87. The molecule has 2 aliphatic heterocycles. The zero-order valence-corrected chi connectivity index (χ0v) is 12.3. The van der Waals surface area contributed by atoms with Crippen LogP contribution in [-0.2, 0) is 14.4 Å². The first kappa shape index (κ1) is 14.4. The van der Waals surface area contributed by atoms with Gasteiger partial charge in [-0.1, -0.05) is 0 Å².